The maximum Gasteiger partial charge on any atom is 0.159 e. The molecular weight excluding hydrogens is 152 g/mol. The summed E-state index contributed by atoms with van der Waals surface area (Å²) in [4.78, 5) is 0. The zero-order valence-corrected chi connectivity index (χ0v) is 8.80. The summed E-state index contributed by atoms with van der Waals surface area (Å²) in [6, 6.07) is 0. The van der Waals surface area contributed by atoms with E-state index in [0.29, 0.717) is 5.92 Å². The number of hydrogen-bond acceptors (Lipinski definition) is 2. The van der Waals surface area contributed by atoms with E-state index in [1.54, 1.807) is 14.2 Å². The molecule has 0 heterocycles. The van der Waals surface area contributed by atoms with Crippen LogP contribution >= 0.6 is 0 Å². The summed E-state index contributed by atoms with van der Waals surface area (Å²) in [5.74, 6) is 0.556. The van der Waals surface area contributed by atoms with Crippen LogP contribution in [0.2, 0.25) is 0 Å². The molecular formula is C10H22O2. The summed E-state index contributed by atoms with van der Waals surface area (Å²) < 4.78 is 10.5. The highest BCUT2D eigenvalue weighted by molar-refractivity contribution is 4.60. The minimum Gasteiger partial charge on any atom is -0.356 e. The first-order valence-corrected chi connectivity index (χ1v) is 4.85. The second-order valence-electron chi connectivity index (χ2n) is 3.15. The van der Waals surface area contributed by atoms with Crippen LogP contribution in [0.15, 0.2) is 0 Å². The Balaban J connectivity index is 3.75. The molecule has 0 aromatic carbocycles. The van der Waals surface area contributed by atoms with E-state index < -0.39 is 0 Å². The predicted molar refractivity (Wildman–Crippen MR) is 51.1 cm³/mol. The normalized spacial score (nSPS) is 13.8. The first-order chi connectivity index (χ1) is 5.79. The molecule has 0 saturated carbocycles. The molecule has 0 bridgehead atoms. The molecule has 0 N–H and O–H groups in total. The average molecular weight is 174 g/mol. The largest absolute Gasteiger partial charge is 0.356 e. The van der Waals surface area contributed by atoms with Gasteiger partial charge in [0.15, 0.2) is 6.29 Å². The maximum absolute atomic E-state index is 5.23. The maximum atomic E-state index is 5.23. The number of methoxy groups -OCH3 is 2. The zero-order chi connectivity index (χ0) is 9.40. The SMILES string of the molecule is CCCCC(CC)C(OC)OC. The Morgan fingerprint density at radius 2 is 1.67 bits per heavy atom. The van der Waals surface area contributed by atoms with Crippen LogP contribution < -0.4 is 0 Å². The molecule has 0 saturated heterocycles. The minimum absolute atomic E-state index is 0.0125. The Morgan fingerprint density at radius 3 is 2.00 bits per heavy atom. The van der Waals surface area contributed by atoms with E-state index in [-0.39, 0.29) is 6.29 Å². The third-order valence-electron chi connectivity index (χ3n) is 2.30. The first kappa shape index (κ1) is 11.9. The summed E-state index contributed by atoms with van der Waals surface area (Å²) in [6.07, 6.45) is 4.84. The molecule has 0 aliphatic carbocycles. The molecule has 2 nitrogen and oxygen atoms in total. The number of hydrogen-bond donors (Lipinski definition) is 0. The van der Waals surface area contributed by atoms with Crippen molar-refractivity contribution in [1.82, 2.24) is 0 Å². The van der Waals surface area contributed by atoms with Gasteiger partial charge in [0, 0.05) is 20.1 Å². The van der Waals surface area contributed by atoms with Crippen molar-refractivity contribution < 1.29 is 9.47 Å². The van der Waals surface area contributed by atoms with Crippen molar-refractivity contribution in [2.45, 2.75) is 45.8 Å². The number of ether oxygens (including phenoxy) is 2. The van der Waals surface area contributed by atoms with Gasteiger partial charge >= 0.3 is 0 Å². The van der Waals surface area contributed by atoms with Crippen molar-refractivity contribution in [2.24, 2.45) is 5.92 Å². The van der Waals surface area contributed by atoms with Crippen molar-refractivity contribution >= 4 is 0 Å². The Bertz CT molecular complexity index is 89.8. The lowest BCUT2D eigenvalue weighted by Crippen LogP contribution is -2.24. The molecule has 0 aromatic heterocycles. The highest BCUT2D eigenvalue weighted by Crippen LogP contribution is 2.19. The summed E-state index contributed by atoms with van der Waals surface area (Å²) >= 11 is 0. The average Bonchev–Trinajstić information content (AvgIpc) is 2.12. The van der Waals surface area contributed by atoms with Crippen LogP contribution in [-0.4, -0.2) is 20.5 Å². The molecule has 0 rings (SSSR count). The fourth-order valence-electron chi connectivity index (χ4n) is 1.48. The van der Waals surface area contributed by atoms with Crippen molar-refractivity contribution in [3.8, 4) is 0 Å². The van der Waals surface area contributed by atoms with Gasteiger partial charge in [-0.05, 0) is 12.8 Å². The van der Waals surface area contributed by atoms with Gasteiger partial charge in [-0.1, -0.05) is 26.7 Å². The van der Waals surface area contributed by atoms with Crippen molar-refractivity contribution in [2.75, 3.05) is 14.2 Å². The lowest BCUT2D eigenvalue weighted by molar-refractivity contribution is -0.139. The van der Waals surface area contributed by atoms with E-state index in [1.807, 2.05) is 0 Å². The van der Waals surface area contributed by atoms with E-state index in [1.165, 1.54) is 19.3 Å². The van der Waals surface area contributed by atoms with Crippen LogP contribution in [0.25, 0.3) is 0 Å². The molecule has 0 amide bonds. The van der Waals surface area contributed by atoms with Gasteiger partial charge in [0.2, 0.25) is 0 Å². The van der Waals surface area contributed by atoms with Crippen molar-refractivity contribution in [3.05, 3.63) is 0 Å². The molecule has 12 heavy (non-hydrogen) atoms. The minimum atomic E-state index is -0.0125. The Kier molecular flexibility index (Phi) is 7.51. The van der Waals surface area contributed by atoms with Gasteiger partial charge in [-0.15, -0.1) is 0 Å². The molecule has 0 aromatic rings. The van der Waals surface area contributed by atoms with E-state index in [9.17, 15) is 0 Å². The summed E-state index contributed by atoms with van der Waals surface area (Å²) in [5.41, 5.74) is 0. The van der Waals surface area contributed by atoms with Crippen LogP contribution in [0.3, 0.4) is 0 Å². The molecule has 1 unspecified atom stereocenters. The Morgan fingerprint density at radius 1 is 1.08 bits per heavy atom. The molecule has 0 spiro atoms. The number of unbranched alkanes of at least 4 members (excludes halogenated alkanes) is 1. The van der Waals surface area contributed by atoms with Gasteiger partial charge in [0.1, 0.15) is 0 Å². The van der Waals surface area contributed by atoms with Crippen LogP contribution in [0.1, 0.15) is 39.5 Å². The van der Waals surface area contributed by atoms with Crippen LogP contribution in [0.5, 0.6) is 0 Å². The topological polar surface area (TPSA) is 18.5 Å². The monoisotopic (exact) mass is 174 g/mol. The Labute approximate surface area is 76.3 Å². The summed E-state index contributed by atoms with van der Waals surface area (Å²) in [7, 11) is 3.42. The van der Waals surface area contributed by atoms with E-state index in [2.05, 4.69) is 13.8 Å². The zero-order valence-electron chi connectivity index (χ0n) is 8.80. The van der Waals surface area contributed by atoms with E-state index in [4.69, 9.17) is 9.47 Å². The van der Waals surface area contributed by atoms with Gasteiger partial charge in [-0.2, -0.15) is 0 Å². The molecule has 1 atom stereocenters. The lowest BCUT2D eigenvalue weighted by Gasteiger charge is -2.23. The van der Waals surface area contributed by atoms with Crippen LogP contribution in [0, 0.1) is 5.92 Å². The highest BCUT2D eigenvalue weighted by Gasteiger charge is 2.17. The standard InChI is InChI=1S/C10H22O2/c1-5-7-8-9(6-2)10(11-3)12-4/h9-10H,5-8H2,1-4H3. The van der Waals surface area contributed by atoms with Crippen molar-refractivity contribution in [1.29, 1.82) is 0 Å². The second-order valence-corrected chi connectivity index (χ2v) is 3.15. The van der Waals surface area contributed by atoms with Crippen LogP contribution in [0.4, 0.5) is 0 Å². The molecule has 0 aliphatic rings. The van der Waals surface area contributed by atoms with Gasteiger partial charge < -0.3 is 9.47 Å². The predicted octanol–water partition coefficient (Wildman–Crippen LogP) is 2.82. The van der Waals surface area contributed by atoms with Crippen molar-refractivity contribution in [3.63, 3.8) is 0 Å². The third-order valence-corrected chi connectivity index (χ3v) is 2.30. The smallest absolute Gasteiger partial charge is 0.159 e. The first-order valence-electron chi connectivity index (χ1n) is 4.85. The highest BCUT2D eigenvalue weighted by atomic mass is 16.7. The number of rotatable bonds is 7. The summed E-state index contributed by atoms with van der Waals surface area (Å²) in [6.45, 7) is 4.40. The van der Waals surface area contributed by atoms with Gasteiger partial charge in [0.05, 0.1) is 0 Å². The van der Waals surface area contributed by atoms with Gasteiger partial charge in [-0.3, -0.25) is 0 Å². The van der Waals surface area contributed by atoms with Gasteiger partial charge in [0.25, 0.3) is 0 Å². The second kappa shape index (κ2) is 7.56. The summed E-state index contributed by atoms with van der Waals surface area (Å²) in [5, 5.41) is 0. The lowest BCUT2D eigenvalue weighted by atomic mass is 9.99. The molecule has 0 radical (unpaired) electrons. The quantitative estimate of drug-likeness (QED) is 0.552. The Hall–Kier alpha value is -0.0800. The van der Waals surface area contributed by atoms with Crippen LogP contribution in [-0.2, 0) is 9.47 Å². The van der Waals surface area contributed by atoms with E-state index >= 15 is 0 Å². The fourth-order valence-corrected chi connectivity index (χ4v) is 1.48. The molecule has 0 aliphatic heterocycles. The van der Waals surface area contributed by atoms with Gasteiger partial charge in [-0.25, -0.2) is 0 Å². The third kappa shape index (κ3) is 4.07. The fraction of sp³-hybridized carbons (Fsp3) is 1.00. The molecule has 2 heteroatoms. The molecule has 0 fully saturated rings. The molecule has 74 valence electrons. The van der Waals surface area contributed by atoms with E-state index in [0.717, 1.165) is 6.42 Å².